The van der Waals surface area contributed by atoms with Gasteiger partial charge in [0.2, 0.25) is 11.8 Å². The zero-order chi connectivity index (χ0) is 14.9. The summed E-state index contributed by atoms with van der Waals surface area (Å²) in [5, 5.41) is 5.63. The highest BCUT2D eigenvalue weighted by molar-refractivity contribution is 5.81. The molecule has 0 atom stereocenters. The van der Waals surface area contributed by atoms with Crippen LogP contribution in [0.4, 0.5) is 0 Å². The number of carbonyl (C=O) groups is 2. The molecule has 112 valence electrons. The van der Waals surface area contributed by atoms with Crippen LogP contribution in [0.25, 0.3) is 0 Å². The van der Waals surface area contributed by atoms with E-state index in [0.29, 0.717) is 19.6 Å². The van der Waals surface area contributed by atoms with E-state index in [1.54, 1.807) is 0 Å². The lowest BCUT2D eigenvalue weighted by atomic mass is 9.92. The average Bonchev–Trinajstić information content (AvgIpc) is 2.26. The fourth-order valence-corrected chi connectivity index (χ4v) is 1.57. The second kappa shape index (κ2) is 8.91. The van der Waals surface area contributed by atoms with Gasteiger partial charge in [0, 0.05) is 13.1 Å². The highest BCUT2D eigenvalue weighted by Gasteiger charge is 2.14. The molecule has 2 amide bonds. The Morgan fingerprint density at radius 1 is 1.00 bits per heavy atom. The van der Waals surface area contributed by atoms with E-state index in [1.165, 1.54) is 0 Å². The largest absolute Gasteiger partial charge is 0.355 e. The third-order valence-electron chi connectivity index (χ3n) is 2.75. The number of rotatable bonds is 8. The van der Waals surface area contributed by atoms with Crippen LogP contribution >= 0.6 is 0 Å². The van der Waals surface area contributed by atoms with Crippen LogP contribution in [0.5, 0.6) is 0 Å². The number of hydrogen-bond acceptors (Lipinski definition) is 3. The van der Waals surface area contributed by atoms with Gasteiger partial charge in [0.15, 0.2) is 0 Å². The summed E-state index contributed by atoms with van der Waals surface area (Å²) in [6.45, 7) is 12.8. The minimum Gasteiger partial charge on any atom is -0.355 e. The average molecular weight is 271 g/mol. The highest BCUT2D eigenvalue weighted by Crippen LogP contribution is 2.16. The molecule has 0 saturated carbocycles. The minimum absolute atomic E-state index is 0.0181. The third kappa shape index (κ3) is 10.5. The SMILES string of the molecule is CCNC(=O)CN(CC)CC(=O)NCCC(C)(C)C. The molecular weight excluding hydrogens is 242 g/mol. The molecule has 0 bridgehead atoms. The van der Waals surface area contributed by atoms with Crippen molar-refractivity contribution in [1.82, 2.24) is 15.5 Å². The fourth-order valence-electron chi connectivity index (χ4n) is 1.57. The first-order valence-electron chi connectivity index (χ1n) is 7.04. The quantitative estimate of drug-likeness (QED) is 0.692. The van der Waals surface area contributed by atoms with Gasteiger partial charge in [-0.1, -0.05) is 27.7 Å². The van der Waals surface area contributed by atoms with Crippen LogP contribution in [-0.4, -0.2) is 49.4 Å². The number of amides is 2. The van der Waals surface area contributed by atoms with Crippen molar-refractivity contribution < 1.29 is 9.59 Å². The minimum atomic E-state index is -0.0353. The number of nitrogens with one attached hydrogen (secondary N) is 2. The monoisotopic (exact) mass is 271 g/mol. The Morgan fingerprint density at radius 3 is 1.95 bits per heavy atom. The van der Waals surface area contributed by atoms with E-state index < -0.39 is 0 Å². The lowest BCUT2D eigenvalue weighted by molar-refractivity contribution is -0.125. The molecule has 0 aliphatic heterocycles. The maximum atomic E-state index is 11.8. The highest BCUT2D eigenvalue weighted by atomic mass is 16.2. The smallest absolute Gasteiger partial charge is 0.234 e. The number of carbonyl (C=O) groups excluding carboxylic acids is 2. The van der Waals surface area contributed by atoms with Gasteiger partial charge in [0.05, 0.1) is 13.1 Å². The fraction of sp³-hybridized carbons (Fsp3) is 0.857. The molecule has 0 radical (unpaired) electrons. The summed E-state index contributed by atoms with van der Waals surface area (Å²) in [5.74, 6) is -0.0535. The van der Waals surface area contributed by atoms with Gasteiger partial charge < -0.3 is 10.6 Å². The van der Waals surface area contributed by atoms with Crippen molar-refractivity contribution in [2.24, 2.45) is 5.41 Å². The molecular formula is C14H29N3O2. The first-order valence-corrected chi connectivity index (χ1v) is 7.04. The van der Waals surface area contributed by atoms with Crippen LogP contribution in [0.15, 0.2) is 0 Å². The van der Waals surface area contributed by atoms with Gasteiger partial charge in [-0.25, -0.2) is 0 Å². The van der Waals surface area contributed by atoms with Gasteiger partial charge in [-0.15, -0.1) is 0 Å². The number of hydrogen-bond donors (Lipinski definition) is 2. The molecule has 5 heteroatoms. The molecule has 0 saturated heterocycles. The van der Waals surface area contributed by atoms with Gasteiger partial charge >= 0.3 is 0 Å². The second-order valence-corrected chi connectivity index (χ2v) is 5.92. The predicted molar refractivity (Wildman–Crippen MR) is 77.9 cm³/mol. The van der Waals surface area contributed by atoms with E-state index in [-0.39, 0.29) is 30.3 Å². The van der Waals surface area contributed by atoms with Gasteiger partial charge in [0.25, 0.3) is 0 Å². The lowest BCUT2D eigenvalue weighted by Gasteiger charge is -2.21. The summed E-state index contributed by atoms with van der Waals surface area (Å²) in [6.07, 6.45) is 0.946. The molecule has 0 spiro atoms. The van der Waals surface area contributed by atoms with E-state index in [0.717, 1.165) is 6.42 Å². The van der Waals surface area contributed by atoms with Crippen LogP contribution in [0, 0.1) is 5.41 Å². The van der Waals surface area contributed by atoms with E-state index in [2.05, 4.69) is 31.4 Å². The molecule has 0 aromatic rings. The maximum absolute atomic E-state index is 11.8. The van der Waals surface area contributed by atoms with Crippen LogP contribution in [-0.2, 0) is 9.59 Å². The molecule has 5 nitrogen and oxygen atoms in total. The van der Waals surface area contributed by atoms with Gasteiger partial charge in [-0.05, 0) is 25.3 Å². The van der Waals surface area contributed by atoms with Crippen molar-refractivity contribution in [3.8, 4) is 0 Å². The molecule has 0 aromatic heterocycles. The zero-order valence-corrected chi connectivity index (χ0v) is 13.0. The van der Waals surface area contributed by atoms with Crippen molar-refractivity contribution >= 4 is 11.8 Å². The first-order chi connectivity index (χ1) is 8.78. The summed E-state index contributed by atoms with van der Waals surface area (Å²) in [6, 6.07) is 0. The van der Waals surface area contributed by atoms with Crippen molar-refractivity contribution in [2.45, 2.75) is 41.0 Å². The Balaban J connectivity index is 3.96. The molecule has 19 heavy (non-hydrogen) atoms. The van der Waals surface area contributed by atoms with Gasteiger partial charge in [-0.3, -0.25) is 14.5 Å². The Labute approximate surface area is 117 Å². The summed E-state index contributed by atoms with van der Waals surface area (Å²) in [7, 11) is 0. The summed E-state index contributed by atoms with van der Waals surface area (Å²) in [5.41, 5.74) is 0.221. The normalized spacial score (nSPS) is 11.5. The lowest BCUT2D eigenvalue weighted by Crippen LogP contribution is -2.43. The van der Waals surface area contributed by atoms with E-state index >= 15 is 0 Å². The Bertz CT molecular complexity index is 285. The standard InChI is InChI=1S/C14H29N3O2/c1-6-15-12(18)10-17(7-2)11-13(19)16-9-8-14(3,4)5/h6-11H2,1-5H3,(H,15,18)(H,16,19). The van der Waals surface area contributed by atoms with Crippen molar-refractivity contribution in [3.63, 3.8) is 0 Å². The molecule has 0 aliphatic rings. The van der Waals surface area contributed by atoms with Crippen molar-refractivity contribution in [2.75, 3.05) is 32.7 Å². The van der Waals surface area contributed by atoms with Crippen LogP contribution < -0.4 is 10.6 Å². The Kier molecular flexibility index (Phi) is 8.39. The summed E-state index contributed by atoms with van der Waals surface area (Å²) < 4.78 is 0. The predicted octanol–water partition coefficient (Wildman–Crippen LogP) is 0.997. The zero-order valence-electron chi connectivity index (χ0n) is 13.0. The molecule has 0 unspecified atom stereocenters. The maximum Gasteiger partial charge on any atom is 0.234 e. The van der Waals surface area contributed by atoms with Gasteiger partial charge in [-0.2, -0.15) is 0 Å². The molecule has 0 fully saturated rings. The Hall–Kier alpha value is -1.10. The van der Waals surface area contributed by atoms with Crippen LogP contribution in [0.3, 0.4) is 0 Å². The molecule has 2 N–H and O–H groups in total. The Morgan fingerprint density at radius 2 is 1.53 bits per heavy atom. The first kappa shape index (κ1) is 17.9. The molecule has 0 heterocycles. The van der Waals surface area contributed by atoms with E-state index in [9.17, 15) is 9.59 Å². The van der Waals surface area contributed by atoms with E-state index in [4.69, 9.17) is 0 Å². The molecule has 0 rings (SSSR count). The third-order valence-corrected chi connectivity index (χ3v) is 2.75. The van der Waals surface area contributed by atoms with Crippen molar-refractivity contribution in [3.05, 3.63) is 0 Å². The summed E-state index contributed by atoms with van der Waals surface area (Å²) in [4.78, 5) is 25.0. The van der Waals surface area contributed by atoms with Gasteiger partial charge in [0.1, 0.15) is 0 Å². The van der Waals surface area contributed by atoms with Crippen LogP contribution in [0.1, 0.15) is 41.0 Å². The van der Waals surface area contributed by atoms with Crippen molar-refractivity contribution in [1.29, 1.82) is 0 Å². The second-order valence-electron chi connectivity index (χ2n) is 5.92. The van der Waals surface area contributed by atoms with E-state index in [1.807, 2.05) is 18.7 Å². The topological polar surface area (TPSA) is 61.4 Å². The summed E-state index contributed by atoms with van der Waals surface area (Å²) >= 11 is 0. The number of likely N-dealkylation sites (N-methyl/N-ethyl adjacent to an activating group) is 2. The molecule has 0 aliphatic carbocycles. The molecule has 0 aromatic carbocycles. The number of nitrogens with zero attached hydrogens (tertiary/aromatic N) is 1. The van der Waals surface area contributed by atoms with Crippen LogP contribution in [0.2, 0.25) is 0 Å².